The molecule has 0 aliphatic heterocycles. The molecule has 118 valence electrons. The second kappa shape index (κ2) is 7.79. The number of benzene rings is 2. The fourth-order valence-electron chi connectivity index (χ4n) is 1.90. The van der Waals surface area contributed by atoms with Crippen LogP contribution in [0.25, 0.3) is 6.08 Å². The summed E-state index contributed by atoms with van der Waals surface area (Å²) in [5.41, 5.74) is 2.14. The second-order valence-electron chi connectivity index (χ2n) is 5.01. The summed E-state index contributed by atoms with van der Waals surface area (Å²) < 4.78 is 0. The maximum absolute atomic E-state index is 11.8. The van der Waals surface area contributed by atoms with Gasteiger partial charge in [0.05, 0.1) is 6.54 Å². The molecule has 0 radical (unpaired) electrons. The van der Waals surface area contributed by atoms with Crippen LogP contribution in [-0.4, -0.2) is 23.5 Å². The number of phenols is 1. The Labute approximate surface area is 134 Å². The zero-order valence-electron chi connectivity index (χ0n) is 12.7. The van der Waals surface area contributed by atoms with Gasteiger partial charge >= 0.3 is 0 Å². The number of carbonyl (C=O) groups excluding carboxylic acids is 2. The first kappa shape index (κ1) is 16.3. The molecule has 0 heterocycles. The van der Waals surface area contributed by atoms with Crippen LogP contribution in [0.4, 0.5) is 5.69 Å². The van der Waals surface area contributed by atoms with Crippen LogP contribution in [0, 0.1) is 6.92 Å². The molecule has 0 bridgehead atoms. The summed E-state index contributed by atoms with van der Waals surface area (Å²) >= 11 is 0. The van der Waals surface area contributed by atoms with E-state index in [1.54, 1.807) is 25.1 Å². The van der Waals surface area contributed by atoms with E-state index in [9.17, 15) is 14.7 Å². The normalized spacial score (nSPS) is 10.5. The summed E-state index contributed by atoms with van der Waals surface area (Å²) in [6.45, 7) is 1.61. The lowest BCUT2D eigenvalue weighted by molar-refractivity contribution is -0.121. The Kier molecular flexibility index (Phi) is 5.52. The fraction of sp³-hybridized carbons (Fsp3) is 0.111. The van der Waals surface area contributed by atoms with Crippen molar-refractivity contribution < 1.29 is 14.7 Å². The topological polar surface area (TPSA) is 78.4 Å². The maximum atomic E-state index is 11.8. The van der Waals surface area contributed by atoms with Gasteiger partial charge in [0, 0.05) is 11.8 Å². The van der Waals surface area contributed by atoms with E-state index >= 15 is 0 Å². The number of aryl methyl sites for hydroxylation is 1. The number of rotatable bonds is 5. The van der Waals surface area contributed by atoms with Crippen LogP contribution in [-0.2, 0) is 9.59 Å². The lowest BCUT2D eigenvalue weighted by atomic mass is 10.2. The summed E-state index contributed by atoms with van der Waals surface area (Å²) in [7, 11) is 0. The van der Waals surface area contributed by atoms with Crippen molar-refractivity contribution in [1.82, 2.24) is 5.32 Å². The van der Waals surface area contributed by atoms with Crippen LogP contribution < -0.4 is 10.6 Å². The zero-order chi connectivity index (χ0) is 16.7. The van der Waals surface area contributed by atoms with Crippen molar-refractivity contribution in [2.75, 3.05) is 11.9 Å². The largest absolute Gasteiger partial charge is 0.508 e. The van der Waals surface area contributed by atoms with Crippen LogP contribution >= 0.6 is 0 Å². The van der Waals surface area contributed by atoms with Gasteiger partial charge < -0.3 is 15.7 Å². The number of hydrogen-bond donors (Lipinski definition) is 3. The van der Waals surface area contributed by atoms with Crippen LogP contribution in [0.2, 0.25) is 0 Å². The first-order valence-corrected chi connectivity index (χ1v) is 7.15. The van der Waals surface area contributed by atoms with Gasteiger partial charge in [-0.1, -0.05) is 30.3 Å². The van der Waals surface area contributed by atoms with E-state index in [-0.39, 0.29) is 24.1 Å². The molecule has 2 amide bonds. The van der Waals surface area contributed by atoms with E-state index in [0.29, 0.717) is 11.3 Å². The maximum Gasteiger partial charge on any atom is 0.244 e. The van der Waals surface area contributed by atoms with Gasteiger partial charge in [0.25, 0.3) is 0 Å². The van der Waals surface area contributed by atoms with E-state index in [1.165, 1.54) is 12.1 Å². The fourth-order valence-corrected chi connectivity index (χ4v) is 1.90. The molecule has 0 aliphatic rings. The van der Waals surface area contributed by atoms with Crippen molar-refractivity contribution in [3.63, 3.8) is 0 Å². The number of hydrogen-bond acceptors (Lipinski definition) is 3. The standard InChI is InChI=1S/C18H18N2O3/c1-13-11-15(8-9-16(13)21)20-18(23)12-19-17(22)10-7-14-5-3-2-4-6-14/h2-11,21H,12H2,1H3,(H,19,22)(H,20,23). The van der Waals surface area contributed by atoms with Gasteiger partial charge in [0.15, 0.2) is 0 Å². The van der Waals surface area contributed by atoms with Crippen molar-refractivity contribution in [3.8, 4) is 5.75 Å². The summed E-state index contributed by atoms with van der Waals surface area (Å²) in [4.78, 5) is 23.4. The molecule has 5 nitrogen and oxygen atoms in total. The number of aromatic hydroxyl groups is 1. The van der Waals surface area contributed by atoms with Gasteiger partial charge in [-0.2, -0.15) is 0 Å². The Bertz CT molecular complexity index is 724. The minimum absolute atomic E-state index is 0.127. The van der Waals surface area contributed by atoms with Gasteiger partial charge in [-0.05, 0) is 42.3 Å². The quantitative estimate of drug-likeness (QED) is 0.586. The van der Waals surface area contributed by atoms with E-state index in [1.807, 2.05) is 30.3 Å². The number of anilines is 1. The molecular weight excluding hydrogens is 292 g/mol. The molecule has 2 aromatic rings. The van der Waals surface area contributed by atoms with E-state index in [2.05, 4.69) is 10.6 Å². The SMILES string of the molecule is Cc1cc(NC(=O)CNC(=O)C=Cc2ccccc2)ccc1O. The van der Waals surface area contributed by atoms with Crippen molar-refractivity contribution in [2.45, 2.75) is 6.92 Å². The molecule has 2 rings (SSSR count). The first-order valence-electron chi connectivity index (χ1n) is 7.15. The predicted molar refractivity (Wildman–Crippen MR) is 90.0 cm³/mol. The Balaban J connectivity index is 1.80. The average Bonchev–Trinajstić information content (AvgIpc) is 2.55. The van der Waals surface area contributed by atoms with E-state index < -0.39 is 0 Å². The Morgan fingerprint density at radius 1 is 1.13 bits per heavy atom. The minimum Gasteiger partial charge on any atom is -0.508 e. The highest BCUT2D eigenvalue weighted by molar-refractivity contribution is 5.98. The molecule has 0 aromatic heterocycles. The molecule has 0 fully saturated rings. The molecule has 5 heteroatoms. The molecule has 0 spiro atoms. The molecular formula is C18H18N2O3. The highest BCUT2D eigenvalue weighted by Gasteiger charge is 2.05. The smallest absolute Gasteiger partial charge is 0.244 e. The van der Waals surface area contributed by atoms with Crippen LogP contribution in [0.5, 0.6) is 5.75 Å². The molecule has 23 heavy (non-hydrogen) atoms. The van der Waals surface area contributed by atoms with Gasteiger partial charge in [-0.15, -0.1) is 0 Å². The van der Waals surface area contributed by atoms with Gasteiger partial charge in [0.2, 0.25) is 11.8 Å². The zero-order valence-corrected chi connectivity index (χ0v) is 12.7. The van der Waals surface area contributed by atoms with E-state index in [4.69, 9.17) is 0 Å². The van der Waals surface area contributed by atoms with Crippen molar-refractivity contribution in [1.29, 1.82) is 0 Å². The van der Waals surface area contributed by atoms with Crippen LogP contribution in [0.15, 0.2) is 54.6 Å². The predicted octanol–water partition coefficient (Wildman–Crippen LogP) is 2.47. The van der Waals surface area contributed by atoms with Crippen molar-refractivity contribution in [3.05, 3.63) is 65.7 Å². The summed E-state index contributed by atoms with van der Waals surface area (Å²) in [5.74, 6) is -0.509. The number of carbonyl (C=O) groups is 2. The minimum atomic E-state index is -0.342. The molecule has 0 atom stereocenters. The third kappa shape index (κ3) is 5.32. The number of phenolic OH excluding ortho intramolecular Hbond substituents is 1. The molecule has 0 aliphatic carbocycles. The van der Waals surface area contributed by atoms with Gasteiger partial charge in [-0.3, -0.25) is 9.59 Å². The van der Waals surface area contributed by atoms with Crippen molar-refractivity contribution >= 4 is 23.6 Å². The summed E-state index contributed by atoms with van der Waals surface area (Å²) in [5, 5.41) is 14.6. The van der Waals surface area contributed by atoms with Crippen LogP contribution in [0.1, 0.15) is 11.1 Å². The third-order valence-electron chi connectivity index (χ3n) is 3.13. The number of amides is 2. The third-order valence-corrected chi connectivity index (χ3v) is 3.13. The first-order chi connectivity index (χ1) is 11.0. The lowest BCUT2D eigenvalue weighted by Crippen LogP contribution is -2.31. The summed E-state index contributed by atoms with van der Waals surface area (Å²) in [6, 6.07) is 14.2. The van der Waals surface area contributed by atoms with Gasteiger partial charge in [-0.25, -0.2) is 0 Å². The monoisotopic (exact) mass is 310 g/mol. The molecule has 2 aromatic carbocycles. The Morgan fingerprint density at radius 2 is 1.87 bits per heavy atom. The highest BCUT2D eigenvalue weighted by atomic mass is 16.3. The summed E-state index contributed by atoms with van der Waals surface area (Å²) in [6.07, 6.45) is 3.06. The van der Waals surface area contributed by atoms with Crippen LogP contribution in [0.3, 0.4) is 0 Å². The number of nitrogens with one attached hydrogen (secondary N) is 2. The molecule has 0 saturated heterocycles. The second-order valence-corrected chi connectivity index (χ2v) is 5.01. The highest BCUT2D eigenvalue weighted by Crippen LogP contribution is 2.19. The molecule has 3 N–H and O–H groups in total. The van der Waals surface area contributed by atoms with E-state index in [0.717, 1.165) is 5.56 Å². The van der Waals surface area contributed by atoms with Gasteiger partial charge in [0.1, 0.15) is 5.75 Å². The van der Waals surface area contributed by atoms with Crippen molar-refractivity contribution in [2.24, 2.45) is 0 Å². The molecule has 0 unspecified atom stereocenters. The molecule has 0 saturated carbocycles. The Morgan fingerprint density at radius 3 is 2.57 bits per heavy atom. The Hall–Kier alpha value is -3.08. The average molecular weight is 310 g/mol. The lowest BCUT2D eigenvalue weighted by Gasteiger charge is -2.07.